The smallest absolute Gasteiger partial charge is 0.256 e. The van der Waals surface area contributed by atoms with Crippen molar-refractivity contribution in [3.05, 3.63) is 34.7 Å². The molecule has 0 fully saturated rings. The Morgan fingerprint density at radius 3 is 3.00 bits per heavy atom. The van der Waals surface area contributed by atoms with E-state index in [1.807, 2.05) is 20.0 Å². The summed E-state index contributed by atoms with van der Waals surface area (Å²) in [6.45, 7) is 4.48. The lowest BCUT2D eigenvalue weighted by molar-refractivity contribution is 0.0955. The third kappa shape index (κ3) is 3.85. The first-order valence-corrected chi connectivity index (χ1v) is 8.95. The molecule has 7 nitrogen and oxygen atoms in total. The Morgan fingerprint density at radius 1 is 1.35 bits per heavy atom. The predicted octanol–water partition coefficient (Wildman–Crippen LogP) is 2.11. The van der Waals surface area contributed by atoms with E-state index in [1.165, 1.54) is 0 Å². The molecule has 1 amide bonds. The van der Waals surface area contributed by atoms with Crippen molar-refractivity contribution in [2.75, 3.05) is 12.3 Å². The first-order valence-electron chi connectivity index (χ1n) is 7.14. The summed E-state index contributed by atoms with van der Waals surface area (Å²) in [6.07, 6.45) is 5.99. The highest BCUT2D eigenvalue weighted by molar-refractivity contribution is 8.01. The second-order valence-electron chi connectivity index (χ2n) is 5.00. The van der Waals surface area contributed by atoms with E-state index in [0.29, 0.717) is 17.8 Å². The SMILES string of the molecule is Cc1cnc2c(C(=O)NCCCSc3nnc(C)s3)cnn2c1. The number of fused-ring (bicyclic) bond motifs is 1. The van der Waals surface area contributed by atoms with Gasteiger partial charge in [-0.25, -0.2) is 9.50 Å². The summed E-state index contributed by atoms with van der Waals surface area (Å²) >= 11 is 3.25. The molecular weight excluding hydrogens is 332 g/mol. The maximum absolute atomic E-state index is 12.2. The third-order valence-electron chi connectivity index (χ3n) is 3.07. The summed E-state index contributed by atoms with van der Waals surface area (Å²) in [7, 11) is 0. The van der Waals surface area contributed by atoms with Crippen molar-refractivity contribution < 1.29 is 4.79 Å². The Morgan fingerprint density at radius 2 is 2.22 bits per heavy atom. The molecule has 9 heteroatoms. The second-order valence-corrected chi connectivity index (χ2v) is 7.53. The number of aromatic nitrogens is 5. The molecular formula is C14H16N6OS2. The van der Waals surface area contributed by atoms with Crippen molar-refractivity contribution in [2.24, 2.45) is 0 Å². The highest BCUT2D eigenvalue weighted by Gasteiger charge is 2.13. The van der Waals surface area contributed by atoms with E-state index in [0.717, 1.165) is 27.1 Å². The molecule has 0 saturated carbocycles. The number of carbonyl (C=O) groups excluding carboxylic acids is 1. The number of nitrogens with zero attached hydrogens (tertiary/aromatic N) is 5. The Balaban J connectivity index is 1.49. The molecule has 3 aromatic heterocycles. The fourth-order valence-corrected chi connectivity index (χ4v) is 3.82. The van der Waals surface area contributed by atoms with Crippen molar-refractivity contribution >= 4 is 34.7 Å². The van der Waals surface area contributed by atoms with E-state index in [2.05, 4.69) is 25.6 Å². The van der Waals surface area contributed by atoms with Crippen molar-refractivity contribution in [2.45, 2.75) is 24.6 Å². The molecule has 3 rings (SSSR count). The Bertz CT molecular complexity index is 828. The maximum atomic E-state index is 12.2. The molecule has 3 heterocycles. The minimum Gasteiger partial charge on any atom is -0.352 e. The van der Waals surface area contributed by atoms with Crippen LogP contribution < -0.4 is 5.32 Å². The van der Waals surface area contributed by atoms with Crippen LogP contribution in [0.15, 0.2) is 22.9 Å². The zero-order valence-electron chi connectivity index (χ0n) is 12.8. The number of carbonyl (C=O) groups is 1. The van der Waals surface area contributed by atoms with Crippen LogP contribution in [0.3, 0.4) is 0 Å². The van der Waals surface area contributed by atoms with Crippen molar-refractivity contribution in [3.8, 4) is 0 Å². The largest absolute Gasteiger partial charge is 0.352 e. The number of amides is 1. The normalized spacial score (nSPS) is 11.0. The van der Waals surface area contributed by atoms with Crippen molar-refractivity contribution in [3.63, 3.8) is 0 Å². The molecule has 0 aromatic carbocycles. The lowest BCUT2D eigenvalue weighted by Crippen LogP contribution is -2.24. The zero-order valence-corrected chi connectivity index (χ0v) is 14.4. The van der Waals surface area contributed by atoms with Crippen LogP contribution in [-0.4, -0.2) is 43.0 Å². The van der Waals surface area contributed by atoms with Crippen LogP contribution >= 0.6 is 23.1 Å². The molecule has 0 aliphatic rings. The predicted molar refractivity (Wildman–Crippen MR) is 90.0 cm³/mol. The van der Waals surface area contributed by atoms with Crippen LogP contribution in [0.2, 0.25) is 0 Å². The van der Waals surface area contributed by atoms with E-state index in [9.17, 15) is 4.79 Å². The number of hydrogen-bond donors (Lipinski definition) is 1. The van der Waals surface area contributed by atoms with Crippen molar-refractivity contribution in [1.82, 2.24) is 30.1 Å². The molecule has 0 aliphatic heterocycles. The van der Waals surface area contributed by atoms with Gasteiger partial charge in [-0.2, -0.15) is 5.10 Å². The molecule has 3 aromatic rings. The average molecular weight is 348 g/mol. The van der Waals surface area contributed by atoms with E-state index in [1.54, 1.807) is 40.0 Å². The van der Waals surface area contributed by atoms with Gasteiger partial charge in [-0.3, -0.25) is 4.79 Å². The number of hydrogen-bond acceptors (Lipinski definition) is 7. The first kappa shape index (κ1) is 15.9. The van der Waals surface area contributed by atoms with Gasteiger partial charge in [-0.1, -0.05) is 23.1 Å². The van der Waals surface area contributed by atoms with E-state index in [4.69, 9.17) is 0 Å². The van der Waals surface area contributed by atoms with Crippen LogP contribution in [-0.2, 0) is 0 Å². The van der Waals surface area contributed by atoms with Gasteiger partial charge in [0.15, 0.2) is 9.99 Å². The van der Waals surface area contributed by atoms with Gasteiger partial charge in [0.25, 0.3) is 5.91 Å². The highest BCUT2D eigenvalue weighted by atomic mass is 32.2. The summed E-state index contributed by atoms with van der Waals surface area (Å²) in [5.74, 6) is 0.745. The molecule has 120 valence electrons. The quantitative estimate of drug-likeness (QED) is 0.542. The zero-order chi connectivity index (χ0) is 16.2. The van der Waals surface area contributed by atoms with Crippen LogP contribution in [0, 0.1) is 13.8 Å². The molecule has 0 aliphatic carbocycles. The monoisotopic (exact) mass is 348 g/mol. The first-order chi connectivity index (χ1) is 11.1. The Hall–Kier alpha value is -2.00. The van der Waals surface area contributed by atoms with Gasteiger partial charge >= 0.3 is 0 Å². The van der Waals surface area contributed by atoms with Crippen LogP contribution in [0.4, 0.5) is 0 Å². The fourth-order valence-electron chi connectivity index (χ4n) is 1.99. The number of thioether (sulfide) groups is 1. The number of rotatable bonds is 6. The standard InChI is InChI=1S/C14H16N6OS2/c1-9-6-16-12-11(7-17-20(12)8-9)13(21)15-4-3-5-22-14-19-18-10(2)23-14/h6-8H,3-5H2,1-2H3,(H,15,21). The summed E-state index contributed by atoms with van der Waals surface area (Å²) in [4.78, 5) is 16.5. The lowest BCUT2D eigenvalue weighted by atomic mass is 10.3. The van der Waals surface area contributed by atoms with E-state index < -0.39 is 0 Å². The maximum Gasteiger partial charge on any atom is 0.256 e. The van der Waals surface area contributed by atoms with Crippen LogP contribution in [0.1, 0.15) is 27.3 Å². The molecule has 0 bridgehead atoms. The Kier molecular flexibility index (Phi) is 4.87. The van der Waals surface area contributed by atoms with E-state index >= 15 is 0 Å². The van der Waals surface area contributed by atoms with Gasteiger partial charge in [-0.05, 0) is 25.8 Å². The lowest BCUT2D eigenvalue weighted by Gasteiger charge is -2.03. The minimum absolute atomic E-state index is 0.145. The second kappa shape index (κ2) is 7.05. The van der Waals surface area contributed by atoms with Crippen LogP contribution in [0.25, 0.3) is 5.65 Å². The summed E-state index contributed by atoms with van der Waals surface area (Å²) in [6, 6.07) is 0. The fraction of sp³-hybridized carbons (Fsp3) is 0.357. The van der Waals surface area contributed by atoms with Gasteiger partial charge in [-0.15, -0.1) is 10.2 Å². The molecule has 0 radical (unpaired) electrons. The molecule has 1 N–H and O–H groups in total. The molecule has 0 saturated heterocycles. The van der Waals surface area contributed by atoms with Gasteiger partial charge in [0.2, 0.25) is 0 Å². The highest BCUT2D eigenvalue weighted by Crippen LogP contribution is 2.22. The van der Waals surface area contributed by atoms with Gasteiger partial charge < -0.3 is 5.32 Å². The summed E-state index contributed by atoms with van der Waals surface area (Å²) in [5.41, 5.74) is 2.07. The van der Waals surface area contributed by atoms with Crippen molar-refractivity contribution in [1.29, 1.82) is 0 Å². The molecule has 0 unspecified atom stereocenters. The van der Waals surface area contributed by atoms with Gasteiger partial charge in [0.1, 0.15) is 10.6 Å². The number of aryl methyl sites for hydroxylation is 2. The topological polar surface area (TPSA) is 85.1 Å². The summed E-state index contributed by atoms with van der Waals surface area (Å²) in [5, 5.41) is 16.1. The molecule has 23 heavy (non-hydrogen) atoms. The minimum atomic E-state index is -0.145. The average Bonchev–Trinajstić information content (AvgIpc) is 3.12. The number of nitrogens with one attached hydrogen (secondary N) is 1. The summed E-state index contributed by atoms with van der Waals surface area (Å²) < 4.78 is 2.59. The molecule has 0 atom stereocenters. The van der Waals surface area contributed by atoms with Gasteiger partial charge in [0.05, 0.1) is 6.20 Å². The van der Waals surface area contributed by atoms with E-state index in [-0.39, 0.29) is 5.91 Å². The third-order valence-corrected chi connectivity index (χ3v) is 5.13. The molecule has 0 spiro atoms. The Labute approximate surface area is 141 Å². The van der Waals surface area contributed by atoms with Crippen LogP contribution in [0.5, 0.6) is 0 Å². The van der Waals surface area contributed by atoms with Gasteiger partial charge in [0, 0.05) is 24.7 Å².